The maximum absolute atomic E-state index is 13.6. The summed E-state index contributed by atoms with van der Waals surface area (Å²) in [4.78, 5) is 3.62. The van der Waals surface area contributed by atoms with Crippen molar-refractivity contribution < 1.29 is 4.39 Å². The average Bonchev–Trinajstić information content (AvgIpc) is 2.41. The van der Waals surface area contributed by atoms with Crippen LogP contribution in [0.25, 0.3) is 0 Å². The third kappa shape index (κ3) is 3.59. The first-order valence-electron chi connectivity index (χ1n) is 5.65. The monoisotopic (exact) mass is 267 g/mol. The van der Waals surface area contributed by atoms with Crippen LogP contribution in [0.15, 0.2) is 47.5 Å². The SMILES string of the molecule is Cc1ccc(C#Cc2ccc(N=C=S)c(F)c2)cc1. The van der Waals surface area contributed by atoms with Gasteiger partial charge in [0, 0.05) is 11.1 Å². The summed E-state index contributed by atoms with van der Waals surface area (Å²) in [5.74, 6) is 5.44. The fourth-order valence-corrected chi connectivity index (χ4v) is 1.60. The van der Waals surface area contributed by atoms with Gasteiger partial charge in [-0.05, 0) is 49.5 Å². The zero-order valence-corrected chi connectivity index (χ0v) is 11.1. The van der Waals surface area contributed by atoms with E-state index in [-0.39, 0.29) is 5.69 Å². The highest BCUT2D eigenvalue weighted by Gasteiger charge is 2.00. The Bertz CT molecular complexity index is 702. The molecule has 0 spiro atoms. The van der Waals surface area contributed by atoms with E-state index in [0.717, 1.165) is 5.56 Å². The molecular formula is C16H10FNS. The summed E-state index contributed by atoms with van der Waals surface area (Å²) in [6, 6.07) is 12.4. The summed E-state index contributed by atoms with van der Waals surface area (Å²) in [6.07, 6.45) is 0. The Balaban J connectivity index is 2.27. The third-order valence-corrected chi connectivity index (χ3v) is 2.61. The van der Waals surface area contributed by atoms with Gasteiger partial charge in [0.2, 0.25) is 0 Å². The molecule has 0 aromatic heterocycles. The maximum atomic E-state index is 13.6. The molecule has 1 nitrogen and oxygen atoms in total. The van der Waals surface area contributed by atoms with E-state index >= 15 is 0 Å². The quantitative estimate of drug-likeness (QED) is 0.427. The zero-order valence-electron chi connectivity index (χ0n) is 10.3. The lowest BCUT2D eigenvalue weighted by Crippen LogP contribution is -1.80. The Hall–Kier alpha value is -2.27. The molecule has 0 fully saturated rings. The molecule has 0 saturated carbocycles. The second-order valence-corrected chi connectivity index (χ2v) is 4.17. The van der Waals surface area contributed by atoms with Crippen LogP contribution in [0.3, 0.4) is 0 Å². The van der Waals surface area contributed by atoms with Gasteiger partial charge >= 0.3 is 0 Å². The third-order valence-electron chi connectivity index (χ3n) is 2.52. The van der Waals surface area contributed by atoms with Gasteiger partial charge in [0.1, 0.15) is 5.69 Å². The summed E-state index contributed by atoms with van der Waals surface area (Å²) in [7, 11) is 0. The van der Waals surface area contributed by atoms with E-state index < -0.39 is 5.82 Å². The summed E-state index contributed by atoms with van der Waals surface area (Å²) < 4.78 is 13.6. The van der Waals surface area contributed by atoms with Crippen molar-refractivity contribution in [3.05, 3.63) is 65.0 Å². The van der Waals surface area contributed by atoms with Gasteiger partial charge in [-0.15, -0.1) is 0 Å². The van der Waals surface area contributed by atoms with Crippen molar-refractivity contribution in [2.75, 3.05) is 0 Å². The highest BCUT2D eigenvalue weighted by molar-refractivity contribution is 7.78. The Morgan fingerprint density at radius 2 is 1.63 bits per heavy atom. The van der Waals surface area contributed by atoms with E-state index in [9.17, 15) is 4.39 Å². The van der Waals surface area contributed by atoms with E-state index in [1.54, 1.807) is 6.07 Å². The molecule has 0 amide bonds. The molecule has 0 aliphatic heterocycles. The molecule has 92 valence electrons. The Labute approximate surface area is 116 Å². The van der Waals surface area contributed by atoms with Crippen molar-refractivity contribution in [1.82, 2.24) is 0 Å². The Kier molecular flexibility index (Phi) is 4.20. The molecular weight excluding hydrogens is 257 g/mol. The first kappa shape index (κ1) is 13.2. The van der Waals surface area contributed by atoms with Gasteiger partial charge in [-0.2, -0.15) is 4.99 Å². The van der Waals surface area contributed by atoms with Gasteiger partial charge in [-0.25, -0.2) is 4.39 Å². The molecule has 0 radical (unpaired) electrons. The minimum atomic E-state index is -0.451. The molecule has 0 atom stereocenters. The highest BCUT2D eigenvalue weighted by atomic mass is 32.1. The fourth-order valence-electron chi connectivity index (χ4n) is 1.51. The summed E-state index contributed by atoms with van der Waals surface area (Å²) in [6.45, 7) is 2.02. The van der Waals surface area contributed by atoms with Gasteiger partial charge in [-0.1, -0.05) is 29.5 Å². The fraction of sp³-hybridized carbons (Fsp3) is 0.0625. The van der Waals surface area contributed by atoms with Gasteiger partial charge in [0.05, 0.1) is 5.16 Å². The largest absolute Gasteiger partial charge is 0.205 e. The molecule has 3 heteroatoms. The number of thiocarbonyl (C=S) groups is 1. The number of halogens is 1. The number of rotatable bonds is 1. The number of hydrogen-bond donors (Lipinski definition) is 0. The molecule has 0 bridgehead atoms. The minimum Gasteiger partial charge on any atom is -0.205 e. The van der Waals surface area contributed by atoms with Crippen LogP contribution in [0.2, 0.25) is 0 Å². The van der Waals surface area contributed by atoms with Crippen molar-refractivity contribution >= 4 is 23.1 Å². The standard InChI is InChI=1S/C16H10FNS/c1-12-2-4-13(5-3-12)6-7-14-8-9-16(18-11-19)15(17)10-14/h2-5,8-10H,1H3. The molecule has 2 aromatic rings. The van der Waals surface area contributed by atoms with E-state index in [0.29, 0.717) is 5.56 Å². The van der Waals surface area contributed by atoms with Crippen molar-refractivity contribution in [3.8, 4) is 11.8 Å². The number of benzene rings is 2. The number of aryl methyl sites for hydroxylation is 1. The van der Waals surface area contributed by atoms with Crippen LogP contribution in [0.5, 0.6) is 0 Å². The molecule has 2 rings (SSSR count). The van der Waals surface area contributed by atoms with Gasteiger partial charge < -0.3 is 0 Å². The molecule has 0 aliphatic carbocycles. The highest BCUT2D eigenvalue weighted by Crippen LogP contribution is 2.17. The van der Waals surface area contributed by atoms with E-state index in [4.69, 9.17) is 0 Å². The molecule has 0 N–H and O–H groups in total. The van der Waals surface area contributed by atoms with Gasteiger partial charge in [-0.3, -0.25) is 0 Å². The lowest BCUT2D eigenvalue weighted by atomic mass is 10.1. The normalized spacial score (nSPS) is 9.16. The molecule has 0 unspecified atom stereocenters. The molecule has 0 aliphatic rings. The van der Waals surface area contributed by atoms with Crippen LogP contribution in [-0.4, -0.2) is 5.16 Å². The number of hydrogen-bond acceptors (Lipinski definition) is 2. The van der Waals surface area contributed by atoms with Crippen molar-refractivity contribution in [1.29, 1.82) is 0 Å². The number of nitrogens with zero attached hydrogens (tertiary/aromatic N) is 1. The van der Waals surface area contributed by atoms with Crippen LogP contribution >= 0.6 is 12.2 Å². The number of aliphatic imine (C=N–C) groups is 1. The predicted molar refractivity (Wildman–Crippen MR) is 78.2 cm³/mol. The first-order valence-corrected chi connectivity index (χ1v) is 6.06. The smallest absolute Gasteiger partial charge is 0.150 e. The first-order chi connectivity index (χ1) is 9.19. The molecule has 19 heavy (non-hydrogen) atoms. The summed E-state index contributed by atoms with van der Waals surface area (Å²) >= 11 is 4.44. The lowest BCUT2D eigenvalue weighted by Gasteiger charge is -1.95. The van der Waals surface area contributed by atoms with Gasteiger partial charge in [0.15, 0.2) is 5.82 Å². The number of isothiocyanates is 1. The van der Waals surface area contributed by atoms with Crippen molar-refractivity contribution in [2.24, 2.45) is 4.99 Å². The predicted octanol–water partition coefficient (Wildman–Crippen LogP) is 4.27. The van der Waals surface area contributed by atoms with Crippen LogP contribution < -0.4 is 0 Å². The van der Waals surface area contributed by atoms with E-state index in [1.165, 1.54) is 17.7 Å². The van der Waals surface area contributed by atoms with Crippen LogP contribution in [-0.2, 0) is 0 Å². The van der Waals surface area contributed by atoms with Crippen LogP contribution in [0.1, 0.15) is 16.7 Å². The second kappa shape index (κ2) is 6.06. The molecule has 0 heterocycles. The second-order valence-electron chi connectivity index (χ2n) is 3.99. The van der Waals surface area contributed by atoms with Crippen LogP contribution in [0.4, 0.5) is 10.1 Å². The summed E-state index contributed by atoms with van der Waals surface area (Å²) in [5.41, 5.74) is 2.85. The van der Waals surface area contributed by atoms with Crippen molar-refractivity contribution in [3.63, 3.8) is 0 Å². The van der Waals surface area contributed by atoms with E-state index in [1.807, 2.05) is 31.2 Å². The Morgan fingerprint density at radius 3 is 2.26 bits per heavy atom. The van der Waals surface area contributed by atoms with E-state index in [2.05, 4.69) is 34.2 Å². The topological polar surface area (TPSA) is 12.4 Å². The molecule has 2 aromatic carbocycles. The Morgan fingerprint density at radius 1 is 1.00 bits per heavy atom. The average molecular weight is 267 g/mol. The van der Waals surface area contributed by atoms with Gasteiger partial charge in [0.25, 0.3) is 0 Å². The maximum Gasteiger partial charge on any atom is 0.150 e. The lowest BCUT2D eigenvalue weighted by molar-refractivity contribution is 0.629. The molecule has 0 saturated heterocycles. The minimum absolute atomic E-state index is 0.177. The zero-order chi connectivity index (χ0) is 13.7. The summed E-state index contributed by atoms with van der Waals surface area (Å²) in [5, 5.41) is 2.14. The van der Waals surface area contributed by atoms with Crippen LogP contribution in [0, 0.1) is 24.6 Å². The van der Waals surface area contributed by atoms with Crippen molar-refractivity contribution in [2.45, 2.75) is 6.92 Å².